The molecule has 1 heterocycles. The number of likely N-dealkylation sites (N-methyl/N-ethyl adjacent to an activating group) is 1. The zero-order chi connectivity index (χ0) is 14.7. The monoisotopic (exact) mass is 276 g/mol. The van der Waals surface area contributed by atoms with E-state index in [0.717, 1.165) is 4.90 Å². The van der Waals surface area contributed by atoms with Crippen molar-refractivity contribution in [3.05, 3.63) is 59.3 Å². The van der Waals surface area contributed by atoms with Crippen LogP contribution < -0.4 is 4.90 Å². The Kier molecular flexibility index (Phi) is 4.08. The number of carbonyl (C=O) groups excluding carboxylic acids is 1. The van der Waals surface area contributed by atoms with Gasteiger partial charge in [-0.3, -0.25) is 9.69 Å². The van der Waals surface area contributed by atoms with Gasteiger partial charge in [-0.2, -0.15) is 0 Å². The molecule has 0 saturated carbocycles. The van der Waals surface area contributed by atoms with Gasteiger partial charge in [-0.05, 0) is 42.3 Å². The van der Waals surface area contributed by atoms with E-state index in [1.54, 1.807) is 13.0 Å². The summed E-state index contributed by atoms with van der Waals surface area (Å²) in [6, 6.07) is 6.93. The summed E-state index contributed by atoms with van der Waals surface area (Å²) < 4.78 is 26.6. The Morgan fingerprint density at radius 1 is 1.30 bits per heavy atom. The van der Waals surface area contributed by atoms with Crippen LogP contribution in [0.1, 0.15) is 11.1 Å². The van der Waals surface area contributed by atoms with E-state index in [-0.39, 0.29) is 24.0 Å². The van der Waals surface area contributed by atoms with Crippen molar-refractivity contribution in [2.75, 3.05) is 11.9 Å². The molecule has 0 radical (unpaired) electrons. The first-order valence-electron chi connectivity index (χ1n) is 6.11. The van der Waals surface area contributed by atoms with Gasteiger partial charge in [0.05, 0.1) is 6.42 Å². The van der Waals surface area contributed by atoms with E-state index in [2.05, 4.69) is 4.98 Å². The lowest BCUT2D eigenvalue weighted by Gasteiger charge is -2.17. The molecule has 5 heteroatoms. The van der Waals surface area contributed by atoms with Crippen LogP contribution in [-0.2, 0) is 11.2 Å². The van der Waals surface area contributed by atoms with Crippen molar-refractivity contribution in [3.63, 3.8) is 0 Å². The maximum Gasteiger partial charge on any atom is 0.232 e. The van der Waals surface area contributed by atoms with E-state index in [1.165, 1.54) is 37.5 Å². The van der Waals surface area contributed by atoms with Crippen LogP contribution >= 0.6 is 0 Å². The Labute approximate surface area is 115 Å². The number of halogens is 2. The third-order valence-electron chi connectivity index (χ3n) is 3.08. The highest BCUT2D eigenvalue weighted by atomic mass is 19.1. The first-order chi connectivity index (χ1) is 9.49. The van der Waals surface area contributed by atoms with Crippen LogP contribution in [0, 0.1) is 18.6 Å². The third kappa shape index (κ3) is 2.99. The number of anilines is 1. The average Bonchev–Trinajstić information content (AvgIpc) is 2.41. The number of pyridine rings is 1. The lowest BCUT2D eigenvalue weighted by Crippen LogP contribution is -2.29. The molecule has 0 N–H and O–H groups in total. The van der Waals surface area contributed by atoms with Crippen LogP contribution in [0.25, 0.3) is 0 Å². The van der Waals surface area contributed by atoms with Gasteiger partial charge in [0.2, 0.25) is 5.91 Å². The zero-order valence-corrected chi connectivity index (χ0v) is 11.2. The summed E-state index contributed by atoms with van der Waals surface area (Å²) in [7, 11) is 1.46. The van der Waals surface area contributed by atoms with Gasteiger partial charge in [-0.25, -0.2) is 13.8 Å². The normalized spacial score (nSPS) is 10.4. The van der Waals surface area contributed by atoms with Crippen molar-refractivity contribution in [2.45, 2.75) is 13.3 Å². The molecule has 0 aliphatic carbocycles. The van der Waals surface area contributed by atoms with Gasteiger partial charge < -0.3 is 0 Å². The molecule has 0 saturated heterocycles. The summed E-state index contributed by atoms with van der Waals surface area (Å²) in [6.07, 6.45) is 1.49. The lowest BCUT2D eigenvalue weighted by molar-refractivity contribution is -0.117. The number of rotatable bonds is 3. The second kappa shape index (κ2) is 5.77. The molecule has 0 unspecified atom stereocenters. The Balaban J connectivity index is 2.18. The van der Waals surface area contributed by atoms with Crippen LogP contribution in [-0.4, -0.2) is 17.9 Å². The van der Waals surface area contributed by atoms with E-state index >= 15 is 0 Å². The smallest absolute Gasteiger partial charge is 0.232 e. The number of amides is 1. The zero-order valence-electron chi connectivity index (χ0n) is 11.2. The summed E-state index contributed by atoms with van der Waals surface area (Å²) in [5.41, 5.74) is 1.40. The van der Waals surface area contributed by atoms with Crippen molar-refractivity contribution in [1.29, 1.82) is 0 Å². The topological polar surface area (TPSA) is 33.2 Å². The molecule has 1 aromatic carbocycles. The van der Waals surface area contributed by atoms with Crippen molar-refractivity contribution in [2.24, 2.45) is 0 Å². The second-order valence-electron chi connectivity index (χ2n) is 4.51. The third-order valence-corrected chi connectivity index (χ3v) is 3.08. The molecule has 0 atom stereocenters. The molecular weight excluding hydrogens is 262 g/mol. The molecule has 0 fully saturated rings. The van der Waals surface area contributed by atoms with Crippen molar-refractivity contribution < 1.29 is 13.6 Å². The highest BCUT2D eigenvalue weighted by Gasteiger charge is 2.17. The molecule has 104 valence electrons. The minimum Gasteiger partial charge on any atom is -0.297 e. The largest absolute Gasteiger partial charge is 0.297 e. The minimum atomic E-state index is -0.556. The Bertz CT molecular complexity index is 644. The van der Waals surface area contributed by atoms with E-state index in [9.17, 15) is 13.6 Å². The number of hydrogen-bond acceptors (Lipinski definition) is 2. The van der Waals surface area contributed by atoms with E-state index < -0.39 is 5.82 Å². The highest BCUT2D eigenvalue weighted by Crippen LogP contribution is 2.16. The molecule has 0 spiro atoms. The number of hydrogen-bond donors (Lipinski definition) is 0. The van der Waals surface area contributed by atoms with Crippen molar-refractivity contribution in [3.8, 4) is 0 Å². The van der Waals surface area contributed by atoms with Crippen LogP contribution in [0.2, 0.25) is 0 Å². The lowest BCUT2D eigenvalue weighted by atomic mass is 10.1. The predicted molar refractivity (Wildman–Crippen MR) is 72.4 cm³/mol. The molecular formula is C15H14F2N2O. The quantitative estimate of drug-likeness (QED) is 0.863. The van der Waals surface area contributed by atoms with Crippen molar-refractivity contribution >= 4 is 11.7 Å². The molecule has 0 aliphatic heterocycles. The van der Waals surface area contributed by atoms with E-state index in [0.29, 0.717) is 11.1 Å². The maximum atomic E-state index is 13.6. The van der Waals surface area contributed by atoms with Crippen molar-refractivity contribution in [1.82, 2.24) is 4.98 Å². The minimum absolute atomic E-state index is 0.0164. The first kappa shape index (κ1) is 14.1. The maximum absolute atomic E-state index is 13.6. The summed E-state index contributed by atoms with van der Waals surface area (Å²) in [5.74, 6) is -1.23. The van der Waals surface area contributed by atoms with Gasteiger partial charge in [0.15, 0.2) is 11.6 Å². The highest BCUT2D eigenvalue weighted by molar-refractivity contribution is 5.93. The molecule has 2 aromatic rings. The number of nitrogens with zero attached hydrogens (tertiary/aromatic N) is 2. The fourth-order valence-electron chi connectivity index (χ4n) is 1.88. The average molecular weight is 276 g/mol. The molecule has 0 aliphatic rings. The summed E-state index contributed by atoms with van der Waals surface area (Å²) in [5, 5.41) is 0. The molecule has 3 nitrogen and oxygen atoms in total. The fraction of sp³-hybridized carbons (Fsp3) is 0.200. The van der Waals surface area contributed by atoms with Gasteiger partial charge in [0, 0.05) is 13.2 Å². The van der Waals surface area contributed by atoms with E-state index in [4.69, 9.17) is 0 Å². The van der Waals surface area contributed by atoms with Crippen LogP contribution in [0.3, 0.4) is 0 Å². The number of aryl methyl sites for hydroxylation is 1. The number of benzene rings is 1. The van der Waals surface area contributed by atoms with Crippen LogP contribution in [0.5, 0.6) is 0 Å². The number of aromatic nitrogens is 1. The molecule has 1 amide bonds. The standard InChI is InChI=1S/C15H14F2N2O/c1-10-8-12(16)6-5-11(10)9-14(20)19(2)15-13(17)4-3-7-18-15/h3-8H,9H2,1-2H3. The SMILES string of the molecule is Cc1cc(F)ccc1CC(=O)N(C)c1ncccc1F. The summed E-state index contributed by atoms with van der Waals surface area (Å²) in [4.78, 5) is 17.1. The van der Waals surface area contributed by atoms with Crippen LogP contribution in [0.4, 0.5) is 14.6 Å². The molecule has 20 heavy (non-hydrogen) atoms. The van der Waals surface area contributed by atoms with Crippen LogP contribution in [0.15, 0.2) is 36.5 Å². The Hall–Kier alpha value is -2.30. The fourth-order valence-corrected chi connectivity index (χ4v) is 1.88. The Morgan fingerprint density at radius 2 is 2.05 bits per heavy atom. The molecule has 0 bridgehead atoms. The predicted octanol–water partition coefficient (Wildman–Crippen LogP) is 2.87. The Morgan fingerprint density at radius 3 is 2.70 bits per heavy atom. The molecule has 2 rings (SSSR count). The molecule has 1 aromatic heterocycles. The van der Waals surface area contributed by atoms with Gasteiger partial charge >= 0.3 is 0 Å². The number of carbonyl (C=O) groups is 1. The van der Waals surface area contributed by atoms with Gasteiger partial charge in [0.25, 0.3) is 0 Å². The first-order valence-corrected chi connectivity index (χ1v) is 6.11. The van der Waals surface area contributed by atoms with Gasteiger partial charge in [-0.1, -0.05) is 6.07 Å². The second-order valence-corrected chi connectivity index (χ2v) is 4.51. The van der Waals surface area contributed by atoms with E-state index in [1.807, 2.05) is 0 Å². The van der Waals surface area contributed by atoms with Gasteiger partial charge in [0.1, 0.15) is 5.82 Å². The van der Waals surface area contributed by atoms with Gasteiger partial charge in [-0.15, -0.1) is 0 Å². The summed E-state index contributed by atoms with van der Waals surface area (Å²) in [6.45, 7) is 1.73. The summed E-state index contributed by atoms with van der Waals surface area (Å²) >= 11 is 0.